The number of ketones is 1. The van der Waals surface area contributed by atoms with E-state index in [1.54, 1.807) is 19.1 Å². The molecule has 0 aliphatic rings. The highest BCUT2D eigenvalue weighted by atomic mass is 32.2. The number of benzene rings is 2. The van der Waals surface area contributed by atoms with Crippen molar-refractivity contribution < 1.29 is 32.2 Å². The van der Waals surface area contributed by atoms with E-state index in [4.69, 9.17) is 4.74 Å². The van der Waals surface area contributed by atoms with Gasteiger partial charge in [-0.25, -0.2) is 12.8 Å². The third-order valence-electron chi connectivity index (χ3n) is 4.39. The highest BCUT2D eigenvalue weighted by Crippen LogP contribution is 2.18. The van der Waals surface area contributed by atoms with Crippen LogP contribution in [-0.4, -0.2) is 31.3 Å². The van der Waals surface area contributed by atoms with Gasteiger partial charge in [-0.2, -0.15) is 4.72 Å². The molecule has 0 saturated carbocycles. The second-order valence-electron chi connectivity index (χ2n) is 6.68. The Hall–Kier alpha value is -2.78. The summed E-state index contributed by atoms with van der Waals surface area (Å²) in [4.78, 5) is 22.6. The third-order valence-corrected chi connectivity index (χ3v) is 5.88. The summed E-state index contributed by atoms with van der Waals surface area (Å²) in [5, 5.41) is 9.29. The molecule has 1 unspecified atom stereocenters. The minimum Gasteiger partial charge on any atom is -0.489 e. The average molecular weight is 437 g/mol. The minimum atomic E-state index is -4.06. The van der Waals surface area contributed by atoms with E-state index in [1.165, 1.54) is 36.4 Å². The molecule has 0 radical (unpaired) electrons. The molecule has 0 spiro atoms. The molecule has 0 aromatic heterocycles. The normalized spacial score (nSPS) is 12.3. The first-order chi connectivity index (χ1) is 14.2. The molecule has 9 heteroatoms. The summed E-state index contributed by atoms with van der Waals surface area (Å²) >= 11 is 0. The van der Waals surface area contributed by atoms with Crippen LogP contribution in [0.2, 0.25) is 0 Å². The van der Waals surface area contributed by atoms with Crippen LogP contribution in [0.3, 0.4) is 0 Å². The van der Waals surface area contributed by atoms with Crippen LogP contribution in [0.5, 0.6) is 5.75 Å². The summed E-state index contributed by atoms with van der Waals surface area (Å²) in [6, 6.07) is 9.99. The lowest BCUT2D eigenvalue weighted by Gasteiger charge is -2.15. The first-order valence-electron chi connectivity index (χ1n) is 9.45. The Bertz CT molecular complexity index is 958. The number of sulfonamides is 1. The molecule has 30 heavy (non-hydrogen) atoms. The molecule has 2 aromatic carbocycles. The monoisotopic (exact) mass is 437 g/mol. The quantitative estimate of drug-likeness (QED) is 0.527. The van der Waals surface area contributed by atoms with Crippen LogP contribution in [0.4, 0.5) is 4.39 Å². The third kappa shape index (κ3) is 7.23. The topological polar surface area (TPSA) is 110 Å². The predicted octanol–water partition coefficient (Wildman–Crippen LogP) is 3.29. The number of hydrogen-bond acceptors (Lipinski definition) is 5. The summed E-state index contributed by atoms with van der Waals surface area (Å²) in [5.74, 6) is -1.25. The first-order valence-corrected chi connectivity index (χ1v) is 10.9. The van der Waals surface area contributed by atoms with E-state index < -0.39 is 22.0 Å². The molecule has 2 rings (SSSR count). The van der Waals surface area contributed by atoms with Crippen molar-refractivity contribution in [1.82, 2.24) is 4.72 Å². The van der Waals surface area contributed by atoms with Gasteiger partial charge in [0.15, 0.2) is 0 Å². The number of hydrogen-bond donors (Lipinski definition) is 2. The Balaban J connectivity index is 1.97. The maximum Gasteiger partial charge on any atom is 0.321 e. The fourth-order valence-corrected chi connectivity index (χ4v) is 3.85. The van der Waals surface area contributed by atoms with Crippen LogP contribution in [0.25, 0.3) is 0 Å². The smallest absolute Gasteiger partial charge is 0.321 e. The molecule has 0 aliphatic heterocycles. The van der Waals surface area contributed by atoms with Gasteiger partial charge in [0, 0.05) is 12.8 Å². The molecule has 0 heterocycles. The Kier molecular flexibility index (Phi) is 8.49. The van der Waals surface area contributed by atoms with E-state index in [9.17, 15) is 27.5 Å². The number of carboxylic acid groups (broad SMARTS) is 1. The van der Waals surface area contributed by atoms with Gasteiger partial charge in [0.25, 0.3) is 0 Å². The van der Waals surface area contributed by atoms with Gasteiger partial charge in [0.1, 0.15) is 30.0 Å². The molecule has 0 aliphatic carbocycles. The highest BCUT2D eigenvalue weighted by Gasteiger charge is 2.25. The number of carbonyl (C=O) groups is 2. The zero-order valence-corrected chi connectivity index (χ0v) is 17.3. The van der Waals surface area contributed by atoms with Crippen molar-refractivity contribution in [3.63, 3.8) is 0 Å². The number of Topliss-reactive ketones (excluding diaryl/α,β-unsaturated/α-hetero) is 1. The number of nitrogens with one attached hydrogen (secondary N) is 1. The lowest BCUT2D eigenvalue weighted by atomic mass is 10.1. The molecule has 1 atom stereocenters. The van der Waals surface area contributed by atoms with E-state index in [0.29, 0.717) is 12.2 Å². The minimum absolute atomic E-state index is 0.00165. The Labute approximate surface area is 174 Å². The van der Waals surface area contributed by atoms with Crippen molar-refractivity contribution in [3.8, 4) is 5.75 Å². The van der Waals surface area contributed by atoms with Crippen molar-refractivity contribution in [2.75, 3.05) is 0 Å². The predicted molar refractivity (Wildman–Crippen MR) is 108 cm³/mol. The van der Waals surface area contributed by atoms with Gasteiger partial charge in [-0.15, -0.1) is 0 Å². The maximum atomic E-state index is 12.9. The van der Waals surface area contributed by atoms with Crippen LogP contribution in [0, 0.1) is 5.82 Å². The van der Waals surface area contributed by atoms with Crippen molar-refractivity contribution in [3.05, 3.63) is 59.9 Å². The fourth-order valence-electron chi connectivity index (χ4n) is 2.63. The van der Waals surface area contributed by atoms with E-state index in [1.807, 2.05) is 0 Å². The summed E-state index contributed by atoms with van der Waals surface area (Å²) in [5.41, 5.74) is 0.751. The average Bonchev–Trinajstić information content (AvgIpc) is 2.72. The van der Waals surface area contributed by atoms with Crippen LogP contribution >= 0.6 is 0 Å². The molecular weight excluding hydrogens is 413 g/mol. The first kappa shape index (κ1) is 23.5. The Morgan fingerprint density at radius 3 is 2.30 bits per heavy atom. The van der Waals surface area contributed by atoms with Gasteiger partial charge >= 0.3 is 5.97 Å². The summed E-state index contributed by atoms with van der Waals surface area (Å²) in [6.07, 6.45) is 0.864. The molecule has 0 bridgehead atoms. The largest absolute Gasteiger partial charge is 0.489 e. The Morgan fingerprint density at radius 1 is 1.10 bits per heavy atom. The molecule has 7 nitrogen and oxygen atoms in total. The lowest BCUT2D eigenvalue weighted by molar-refractivity contribution is -0.139. The van der Waals surface area contributed by atoms with Crippen LogP contribution in [0.15, 0.2) is 53.4 Å². The summed E-state index contributed by atoms with van der Waals surface area (Å²) in [7, 11) is -4.06. The summed E-state index contributed by atoms with van der Waals surface area (Å²) < 4.78 is 45.6. The molecule has 0 fully saturated rings. The van der Waals surface area contributed by atoms with E-state index in [2.05, 4.69) is 4.72 Å². The van der Waals surface area contributed by atoms with Crippen molar-refractivity contribution in [2.24, 2.45) is 0 Å². The van der Waals surface area contributed by atoms with Gasteiger partial charge in [-0.3, -0.25) is 9.59 Å². The zero-order valence-electron chi connectivity index (χ0n) is 16.5. The van der Waals surface area contributed by atoms with Gasteiger partial charge in [0.2, 0.25) is 10.0 Å². The summed E-state index contributed by atoms with van der Waals surface area (Å²) in [6.45, 7) is 1.90. The Morgan fingerprint density at radius 2 is 1.73 bits per heavy atom. The molecule has 162 valence electrons. The number of ether oxygens (including phenoxy) is 1. The molecule has 0 amide bonds. The van der Waals surface area contributed by atoms with Gasteiger partial charge < -0.3 is 9.84 Å². The van der Waals surface area contributed by atoms with Gasteiger partial charge in [0.05, 0.1) is 4.90 Å². The van der Waals surface area contributed by atoms with E-state index in [-0.39, 0.29) is 42.4 Å². The molecule has 2 aromatic rings. The van der Waals surface area contributed by atoms with Crippen LogP contribution in [-0.2, 0) is 26.2 Å². The molecule has 0 saturated heterocycles. The second kappa shape index (κ2) is 10.8. The van der Waals surface area contributed by atoms with Gasteiger partial charge in [-0.1, -0.05) is 19.1 Å². The van der Waals surface area contributed by atoms with E-state index in [0.717, 1.165) is 5.56 Å². The van der Waals surface area contributed by atoms with Crippen LogP contribution < -0.4 is 9.46 Å². The number of rotatable bonds is 12. The second-order valence-corrected chi connectivity index (χ2v) is 8.40. The zero-order chi connectivity index (χ0) is 22.1. The van der Waals surface area contributed by atoms with Crippen molar-refractivity contribution >= 4 is 21.8 Å². The van der Waals surface area contributed by atoms with Crippen LogP contribution in [0.1, 0.15) is 38.2 Å². The fraction of sp³-hybridized carbons (Fsp3) is 0.333. The SMILES string of the molecule is CCC(=O)CCCC(NS(=O)(=O)c1ccc(OCc2ccc(F)cc2)cc1)C(=O)O. The maximum absolute atomic E-state index is 12.9. The number of aliphatic carboxylic acids is 1. The number of halogens is 1. The van der Waals surface area contributed by atoms with E-state index >= 15 is 0 Å². The lowest BCUT2D eigenvalue weighted by Crippen LogP contribution is -2.40. The number of carbonyl (C=O) groups excluding carboxylic acids is 1. The standard InChI is InChI=1S/C21H24FNO6S/c1-2-17(24)4-3-5-20(21(25)26)23-30(27,28)19-12-10-18(11-13-19)29-14-15-6-8-16(22)9-7-15/h6-13,20,23H,2-5,14H2,1H3,(H,25,26). The van der Waals surface area contributed by atoms with Crippen molar-refractivity contribution in [1.29, 1.82) is 0 Å². The number of carboxylic acids is 1. The molecule has 2 N–H and O–H groups in total. The van der Waals surface area contributed by atoms with Crippen molar-refractivity contribution in [2.45, 2.75) is 50.2 Å². The highest BCUT2D eigenvalue weighted by molar-refractivity contribution is 7.89. The molecular formula is C21H24FNO6S. The van der Waals surface area contributed by atoms with Gasteiger partial charge in [-0.05, 0) is 54.8 Å².